The number of rotatable bonds is 10. The predicted molar refractivity (Wildman–Crippen MR) is 65.2 cm³/mol. The lowest BCUT2D eigenvalue weighted by Crippen LogP contribution is -2.26. The predicted octanol–water partition coefficient (Wildman–Crippen LogP) is 0.754. The van der Waals surface area contributed by atoms with Crippen LogP contribution in [0.4, 0.5) is 0 Å². The molecular weight excluding hydrogens is 272 g/mol. The van der Waals surface area contributed by atoms with Crippen molar-refractivity contribution in [3.63, 3.8) is 0 Å². The highest BCUT2D eigenvalue weighted by atomic mass is 16.4. The van der Waals surface area contributed by atoms with Gasteiger partial charge in [0.05, 0.1) is 17.8 Å². The fourth-order valence-electron chi connectivity index (χ4n) is 1.81. The first-order valence-corrected chi connectivity index (χ1v) is 6.05. The number of carbonyl (C=O) groups is 4. The lowest BCUT2D eigenvalue weighted by atomic mass is 9.85. The highest BCUT2D eigenvalue weighted by molar-refractivity contribution is 5.76. The maximum absolute atomic E-state index is 11.1. The molecule has 0 aromatic heterocycles. The first-order valence-electron chi connectivity index (χ1n) is 6.05. The van der Waals surface area contributed by atoms with Crippen molar-refractivity contribution in [1.82, 2.24) is 0 Å². The molecule has 3 atom stereocenters. The normalized spacial score (nSPS) is 15.1. The van der Waals surface area contributed by atoms with Gasteiger partial charge in [0.1, 0.15) is 0 Å². The van der Waals surface area contributed by atoms with E-state index in [9.17, 15) is 19.2 Å². The quantitative estimate of drug-likeness (QED) is 0.460. The molecule has 8 heteroatoms. The Morgan fingerprint density at radius 2 is 1.30 bits per heavy atom. The highest BCUT2D eigenvalue weighted by Crippen LogP contribution is 2.24. The van der Waals surface area contributed by atoms with Gasteiger partial charge in [0.25, 0.3) is 0 Å². The molecule has 0 saturated heterocycles. The average Bonchev–Trinajstić information content (AvgIpc) is 2.31. The van der Waals surface area contributed by atoms with E-state index < -0.39 is 41.6 Å². The molecular formula is C12H18O8. The van der Waals surface area contributed by atoms with Crippen LogP contribution in [0.15, 0.2) is 0 Å². The summed E-state index contributed by atoms with van der Waals surface area (Å²) in [5.41, 5.74) is 0. The van der Waals surface area contributed by atoms with E-state index in [4.69, 9.17) is 20.4 Å². The van der Waals surface area contributed by atoms with E-state index in [2.05, 4.69) is 0 Å². The molecule has 8 nitrogen and oxygen atoms in total. The molecule has 0 heterocycles. The Bertz CT molecular complexity index is 389. The minimum absolute atomic E-state index is 0.185. The number of aliphatic carboxylic acids is 4. The molecule has 0 bridgehead atoms. The van der Waals surface area contributed by atoms with E-state index in [0.29, 0.717) is 0 Å². The zero-order valence-corrected chi connectivity index (χ0v) is 11.0. The maximum Gasteiger partial charge on any atom is 0.306 e. The second-order valence-electron chi connectivity index (χ2n) is 4.71. The largest absolute Gasteiger partial charge is 0.481 e. The van der Waals surface area contributed by atoms with Crippen LogP contribution in [0.1, 0.15) is 32.6 Å². The van der Waals surface area contributed by atoms with Crippen LogP contribution >= 0.6 is 0 Å². The molecule has 114 valence electrons. The summed E-state index contributed by atoms with van der Waals surface area (Å²) in [5, 5.41) is 35.2. The lowest BCUT2D eigenvalue weighted by molar-refractivity contribution is -0.147. The fraction of sp³-hybridized carbons (Fsp3) is 0.667. The van der Waals surface area contributed by atoms with Crippen LogP contribution < -0.4 is 0 Å². The van der Waals surface area contributed by atoms with Crippen LogP contribution in [-0.4, -0.2) is 44.3 Å². The molecule has 0 rings (SSSR count). The monoisotopic (exact) mass is 290 g/mol. The van der Waals surface area contributed by atoms with Crippen LogP contribution in [-0.2, 0) is 19.2 Å². The summed E-state index contributed by atoms with van der Waals surface area (Å²) >= 11 is 0. The molecule has 0 aromatic rings. The summed E-state index contributed by atoms with van der Waals surface area (Å²) in [6, 6.07) is 0. The molecule has 0 aromatic carbocycles. The van der Waals surface area contributed by atoms with Crippen LogP contribution in [0.5, 0.6) is 0 Å². The Labute approximate surface area is 115 Å². The smallest absolute Gasteiger partial charge is 0.306 e. The molecule has 0 fully saturated rings. The molecule has 0 aliphatic heterocycles. The molecule has 0 spiro atoms. The zero-order valence-electron chi connectivity index (χ0n) is 11.0. The van der Waals surface area contributed by atoms with Gasteiger partial charge in [0.2, 0.25) is 0 Å². The van der Waals surface area contributed by atoms with E-state index in [1.807, 2.05) is 0 Å². The Kier molecular flexibility index (Phi) is 7.27. The van der Waals surface area contributed by atoms with E-state index in [1.165, 1.54) is 6.92 Å². The third kappa shape index (κ3) is 6.72. The van der Waals surface area contributed by atoms with Gasteiger partial charge in [-0.15, -0.1) is 0 Å². The van der Waals surface area contributed by atoms with E-state index in [0.717, 1.165) is 0 Å². The van der Waals surface area contributed by atoms with Crippen molar-refractivity contribution in [1.29, 1.82) is 0 Å². The van der Waals surface area contributed by atoms with Crippen molar-refractivity contribution in [2.24, 2.45) is 17.8 Å². The number of carboxylic acids is 4. The first-order chi connectivity index (χ1) is 9.15. The molecule has 20 heavy (non-hydrogen) atoms. The summed E-state index contributed by atoms with van der Waals surface area (Å²) in [7, 11) is 0. The number of carboxylic acid groups (broad SMARTS) is 4. The second kappa shape index (κ2) is 8.13. The van der Waals surface area contributed by atoms with Crippen molar-refractivity contribution in [2.75, 3.05) is 0 Å². The van der Waals surface area contributed by atoms with Gasteiger partial charge < -0.3 is 20.4 Å². The molecule has 0 aliphatic carbocycles. The van der Waals surface area contributed by atoms with Crippen molar-refractivity contribution < 1.29 is 39.6 Å². The second-order valence-corrected chi connectivity index (χ2v) is 4.71. The van der Waals surface area contributed by atoms with Crippen molar-refractivity contribution in [3.05, 3.63) is 0 Å². The minimum Gasteiger partial charge on any atom is -0.481 e. The lowest BCUT2D eigenvalue weighted by Gasteiger charge is -2.19. The molecule has 3 unspecified atom stereocenters. The van der Waals surface area contributed by atoms with E-state index in [1.54, 1.807) is 0 Å². The van der Waals surface area contributed by atoms with E-state index >= 15 is 0 Å². The zero-order chi connectivity index (χ0) is 15.9. The van der Waals surface area contributed by atoms with Gasteiger partial charge in [-0.3, -0.25) is 19.2 Å². The Balaban J connectivity index is 4.74. The van der Waals surface area contributed by atoms with Crippen molar-refractivity contribution >= 4 is 23.9 Å². The van der Waals surface area contributed by atoms with Crippen LogP contribution in [0.25, 0.3) is 0 Å². The van der Waals surface area contributed by atoms with Gasteiger partial charge in [-0.25, -0.2) is 0 Å². The summed E-state index contributed by atoms with van der Waals surface area (Å²) in [5.74, 6) is -8.04. The minimum atomic E-state index is -1.28. The van der Waals surface area contributed by atoms with Gasteiger partial charge in [0.15, 0.2) is 0 Å². The number of hydrogen-bond acceptors (Lipinski definition) is 4. The molecule has 0 amide bonds. The summed E-state index contributed by atoms with van der Waals surface area (Å²) in [6.07, 6.45) is -1.04. The van der Waals surface area contributed by atoms with Gasteiger partial charge >= 0.3 is 23.9 Å². The highest BCUT2D eigenvalue weighted by Gasteiger charge is 2.30. The van der Waals surface area contributed by atoms with Crippen molar-refractivity contribution in [2.45, 2.75) is 32.6 Å². The Hall–Kier alpha value is -2.12. The van der Waals surface area contributed by atoms with Gasteiger partial charge in [-0.05, 0) is 19.3 Å². The van der Waals surface area contributed by atoms with Gasteiger partial charge in [0, 0.05) is 6.42 Å². The van der Waals surface area contributed by atoms with E-state index in [-0.39, 0.29) is 25.7 Å². The van der Waals surface area contributed by atoms with Crippen LogP contribution in [0.3, 0.4) is 0 Å². The molecule has 0 radical (unpaired) electrons. The van der Waals surface area contributed by atoms with Gasteiger partial charge in [-0.1, -0.05) is 6.92 Å². The van der Waals surface area contributed by atoms with Crippen LogP contribution in [0, 0.1) is 17.8 Å². The molecule has 0 saturated carbocycles. The standard InChI is InChI=1S/C12H18O8/c1-6(10(15)16)4-8(12(19)20)5-7(11(17)18)2-3-9(13)14/h6-8H,2-5H2,1H3,(H,13,14)(H,15,16)(H,17,18)(H,19,20). The molecule has 0 aliphatic rings. The van der Waals surface area contributed by atoms with Gasteiger partial charge in [-0.2, -0.15) is 0 Å². The third-order valence-corrected chi connectivity index (χ3v) is 3.03. The van der Waals surface area contributed by atoms with Crippen molar-refractivity contribution in [3.8, 4) is 0 Å². The summed E-state index contributed by atoms with van der Waals surface area (Å²) in [6.45, 7) is 1.34. The first kappa shape index (κ1) is 17.9. The Morgan fingerprint density at radius 3 is 1.65 bits per heavy atom. The summed E-state index contributed by atoms with van der Waals surface area (Å²) < 4.78 is 0. The maximum atomic E-state index is 11.1. The fourth-order valence-corrected chi connectivity index (χ4v) is 1.81. The van der Waals surface area contributed by atoms with Crippen LogP contribution in [0.2, 0.25) is 0 Å². The molecule has 4 N–H and O–H groups in total. The number of hydrogen-bond donors (Lipinski definition) is 4. The average molecular weight is 290 g/mol. The SMILES string of the molecule is CC(CC(CC(CCC(=O)O)C(=O)O)C(=O)O)C(=O)O. The Morgan fingerprint density at radius 1 is 0.800 bits per heavy atom. The summed E-state index contributed by atoms with van der Waals surface area (Å²) in [4.78, 5) is 43.2. The third-order valence-electron chi connectivity index (χ3n) is 3.03. The topological polar surface area (TPSA) is 149 Å².